The standard InChI is InChI=1S/C16H11ClO4S/c1-20-11-7-8-13-12(9-11)14(17)15(22(13)19)16(18)21-10-5-3-2-4-6-10/h2-9H,1H3. The second-order valence-electron chi connectivity index (χ2n) is 4.48. The van der Waals surface area contributed by atoms with E-state index in [-0.39, 0.29) is 9.94 Å². The Kier molecular flexibility index (Phi) is 4.00. The van der Waals surface area contributed by atoms with Crippen molar-refractivity contribution in [3.63, 3.8) is 0 Å². The molecule has 0 saturated carbocycles. The van der Waals surface area contributed by atoms with E-state index in [2.05, 4.69) is 0 Å². The van der Waals surface area contributed by atoms with Crippen LogP contribution in [0.3, 0.4) is 0 Å². The fourth-order valence-electron chi connectivity index (χ4n) is 2.09. The van der Waals surface area contributed by atoms with Gasteiger partial charge in [0.15, 0.2) is 0 Å². The SMILES string of the molecule is COc1ccc2c(c1)C(Cl)=C(C(=O)Oc1ccccc1)S2=O. The number of fused-ring (bicyclic) bond motifs is 1. The first kappa shape index (κ1) is 14.8. The first-order valence-corrected chi connectivity index (χ1v) is 7.92. The molecule has 0 N–H and O–H groups in total. The monoisotopic (exact) mass is 334 g/mol. The highest BCUT2D eigenvalue weighted by Crippen LogP contribution is 2.41. The maximum Gasteiger partial charge on any atom is 0.354 e. The summed E-state index contributed by atoms with van der Waals surface area (Å²) in [7, 11) is -0.138. The lowest BCUT2D eigenvalue weighted by Gasteiger charge is -2.04. The molecule has 0 aromatic heterocycles. The predicted octanol–water partition coefficient (Wildman–Crippen LogP) is 3.33. The molecule has 1 heterocycles. The largest absolute Gasteiger partial charge is 0.497 e. The average molecular weight is 335 g/mol. The van der Waals surface area contributed by atoms with Crippen LogP contribution in [0.15, 0.2) is 58.3 Å². The van der Waals surface area contributed by atoms with Gasteiger partial charge in [-0.15, -0.1) is 0 Å². The lowest BCUT2D eigenvalue weighted by molar-refractivity contribution is -0.129. The van der Waals surface area contributed by atoms with E-state index in [1.807, 2.05) is 0 Å². The van der Waals surface area contributed by atoms with Crippen molar-refractivity contribution < 1.29 is 18.5 Å². The maximum atomic E-state index is 12.5. The molecule has 4 nitrogen and oxygen atoms in total. The van der Waals surface area contributed by atoms with Gasteiger partial charge in [-0.2, -0.15) is 0 Å². The number of carbonyl (C=O) groups excluding carboxylic acids is 1. The zero-order valence-electron chi connectivity index (χ0n) is 11.5. The van der Waals surface area contributed by atoms with Gasteiger partial charge in [0.25, 0.3) is 0 Å². The number of esters is 1. The predicted molar refractivity (Wildman–Crippen MR) is 84.3 cm³/mol. The van der Waals surface area contributed by atoms with Crippen molar-refractivity contribution in [2.75, 3.05) is 7.11 Å². The van der Waals surface area contributed by atoms with Crippen molar-refractivity contribution in [1.29, 1.82) is 0 Å². The van der Waals surface area contributed by atoms with Gasteiger partial charge in [0.2, 0.25) is 0 Å². The Morgan fingerprint density at radius 1 is 1.09 bits per heavy atom. The van der Waals surface area contributed by atoms with Gasteiger partial charge in [0, 0.05) is 5.56 Å². The molecule has 1 aliphatic rings. The Hall–Kier alpha value is -2.11. The fourth-order valence-corrected chi connectivity index (χ4v) is 3.83. The summed E-state index contributed by atoms with van der Waals surface area (Å²) in [6.07, 6.45) is 0. The van der Waals surface area contributed by atoms with Crippen LogP contribution in [0.5, 0.6) is 11.5 Å². The molecule has 0 aliphatic carbocycles. The van der Waals surface area contributed by atoms with Crippen LogP contribution in [0.2, 0.25) is 0 Å². The summed E-state index contributed by atoms with van der Waals surface area (Å²) < 4.78 is 22.8. The lowest BCUT2D eigenvalue weighted by atomic mass is 10.2. The normalized spacial score (nSPS) is 16.4. The molecule has 112 valence electrons. The molecular weight excluding hydrogens is 324 g/mol. The highest BCUT2D eigenvalue weighted by Gasteiger charge is 2.34. The summed E-state index contributed by atoms with van der Waals surface area (Å²) in [4.78, 5) is 12.7. The van der Waals surface area contributed by atoms with Crippen LogP contribution < -0.4 is 9.47 Å². The van der Waals surface area contributed by atoms with Crippen LogP contribution in [-0.4, -0.2) is 17.3 Å². The quantitative estimate of drug-likeness (QED) is 0.638. The number of rotatable bonds is 3. The molecule has 0 fully saturated rings. The van der Waals surface area contributed by atoms with E-state index in [1.54, 1.807) is 48.5 Å². The average Bonchev–Trinajstić information content (AvgIpc) is 2.79. The maximum absolute atomic E-state index is 12.5. The molecule has 0 bridgehead atoms. The number of carbonyl (C=O) groups is 1. The number of para-hydroxylation sites is 1. The molecule has 6 heteroatoms. The van der Waals surface area contributed by atoms with Crippen LogP contribution in [0, 0.1) is 0 Å². The fraction of sp³-hybridized carbons (Fsp3) is 0.0625. The van der Waals surface area contributed by atoms with E-state index in [0.717, 1.165) is 0 Å². The number of benzene rings is 2. The summed E-state index contributed by atoms with van der Waals surface area (Å²) in [6, 6.07) is 13.5. The van der Waals surface area contributed by atoms with Gasteiger partial charge in [0.1, 0.15) is 16.4 Å². The second-order valence-corrected chi connectivity index (χ2v) is 6.24. The molecule has 0 amide bonds. The summed E-state index contributed by atoms with van der Waals surface area (Å²) in [5.41, 5.74) is 0.527. The van der Waals surface area contributed by atoms with E-state index in [9.17, 15) is 9.00 Å². The third-order valence-corrected chi connectivity index (χ3v) is 5.15. The summed E-state index contributed by atoms with van der Waals surface area (Å²) >= 11 is 6.22. The third-order valence-electron chi connectivity index (χ3n) is 3.15. The van der Waals surface area contributed by atoms with Crippen molar-refractivity contribution >= 4 is 33.4 Å². The minimum atomic E-state index is -1.66. The molecule has 1 unspecified atom stereocenters. The molecular formula is C16H11ClO4S. The molecule has 0 radical (unpaired) electrons. The Morgan fingerprint density at radius 3 is 2.50 bits per heavy atom. The molecule has 0 saturated heterocycles. The summed E-state index contributed by atoms with van der Waals surface area (Å²) in [5.74, 6) is 0.228. The topological polar surface area (TPSA) is 52.6 Å². The zero-order chi connectivity index (χ0) is 15.7. The number of hydrogen-bond acceptors (Lipinski definition) is 4. The molecule has 1 atom stereocenters. The number of ether oxygens (including phenoxy) is 2. The molecule has 3 rings (SSSR count). The van der Waals surface area contributed by atoms with Gasteiger partial charge in [-0.1, -0.05) is 29.8 Å². The van der Waals surface area contributed by atoms with Gasteiger partial charge in [-0.05, 0) is 30.3 Å². The van der Waals surface area contributed by atoms with Crippen LogP contribution in [0.25, 0.3) is 5.03 Å². The van der Waals surface area contributed by atoms with Crippen molar-refractivity contribution in [3.8, 4) is 11.5 Å². The second kappa shape index (κ2) is 5.94. The number of hydrogen-bond donors (Lipinski definition) is 0. The highest BCUT2D eigenvalue weighted by atomic mass is 35.5. The molecule has 1 aliphatic heterocycles. The van der Waals surface area contributed by atoms with Crippen molar-refractivity contribution in [2.45, 2.75) is 4.90 Å². The Balaban J connectivity index is 1.95. The Morgan fingerprint density at radius 2 is 1.82 bits per heavy atom. The summed E-state index contributed by atoms with van der Waals surface area (Å²) in [5, 5.41) is 0.133. The number of halogens is 1. The van der Waals surface area contributed by atoms with Crippen LogP contribution in [0.1, 0.15) is 5.56 Å². The van der Waals surface area contributed by atoms with Gasteiger partial charge in [0.05, 0.1) is 27.8 Å². The van der Waals surface area contributed by atoms with Crippen molar-refractivity contribution in [2.24, 2.45) is 0 Å². The van der Waals surface area contributed by atoms with E-state index in [1.165, 1.54) is 7.11 Å². The minimum Gasteiger partial charge on any atom is -0.497 e. The van der Waals surface area contributed by atoms with Crippen molar-refractivity contribution in [3.05, 3.63) is 59.0 Å². The van der Waals surface area contributed by atoms with Gasteiger partial charge in [-0.3, -0.25) is 0 Å². The van der Waals surface area contributed by atoms with Gasteiger partial charge < -0.3 is 9.47 Å². The van der Waals surface area contributed by atoms with Gasteiger partial charge in [-0.25, -0.2) is 9.00 Å². The van der Waals surface area contributed by atoms with E-state index >= 15 is 0 Å². The van der Waals surface area contributed by atoms with E-state index in [0.29, 0.717) is 22.0 Å². The Labute approximate surface area is 134 Å². The Bertz CT molecular complexity index is 799. The first-order chi connectivity index (χ1) is 10.6. The summed E-state index contributed by atoms with van der Waals surface area (Å²) in [6.45, 7) is 0. The van der Waals surface area contributed by atoms with E-state index < -0.39 is 16.8 Å². The first-order valence-electron chi connectivity index (χ1n) is 6.39. The lowest BCUT2D eigenvalue weighted by Crippen LogP contribution is -2.13. The molecule has 2 aromatic carbocycles. The number of methoxy groups -OCH3 is 1. The third kappa shape index (κ3) is 2.53. The highest BCUT2D eigenvalue weighted by molar-refractivity contribution is 7.91. The molecule has 2 aromatic rings. The van der Waals surface area contributed by atoms with Crippen LogP contribution in [0.4, 0.5) is 0 Å². The molecule has 22 heavy (non-hydrogen) atoms. The molecule has 0 spiro atoms. The smallest absolute Gasteiger partial charge is 0.354 e. The van der Waals surface area contributed by atoms with Crippen molar-refractivity contribution in [1.82, 2.24) is 0 Å². The van der Waals surface area contributed by atoms with E-state index in [4.69, 9.17) is 21.1 Å². The minimum absolute atomic E-state index is 0.0474. The van der Waals surface area contributed by atoms with Crippen LogP contribution in [-0.2, 0) is 15.6 Å². The zero-order valence-corrected chi connectivity index (χ0v) is 13.1. The van der Waals surface area contributed by atoms with Crippen LogP contribution >= 0.6 is 11.6 Å². The van der Waals surface area contributed by atoms with Gasteiger partial charge >= 0.3 is 5.97 Å².